The Morgan fingerprint density at radius 2 is 1.68 bits per heavy atom. The van der Waals surface area contributed by atoms with Crippen LogP contribution in [0.4, 0.5) is 15.8 Å². The smallest absolute Gasteiger partial charge is 0.270 e. The number of amides is 3. The molecule has 1 heterocycles. The Balaban J connectivity index is 1.43. The number of hydrogen-bond donors (Lipinski definition) is 2. The van der Waals surface area contributed by atoms with Gasteiger partial charge in [0.1, 0.15) is 17.1 Å². The first-order valence-electron chi connectivity index (χ1n) is 10.2. The van der Waals surface area contributed by atoms with E-state index in [1.54, 1.807) is 54.6 Å². The van der Waals surface area contributed by atoms with Gasteiger partial charge in [0.25, 0.3) is 17.7 Å². The molecule has 1 fully saturated rings. The molecule has 34 heavy (non-hydrogen) atoms. The second-order valence-corrected chi connectivity index (χ2v) is 7.57. The summed E-state index contributed by atoms with van der Waals surface area (Å²) in [5.74, 6) is -1.80. The minimum Gasteiger partial charge on any atom is -0.484 e. The number of carbonyl (C=O) groups excluding carboxylic acids is 3. The van der Waals surface area contributed by atoms with E-state index in [4.69, 9.17) is 17.0 Å². The fraction of sp³-hybridized carbons (Fsp3) is 0.0400. The predicted molar refractivity (Wildman–Crippen MR) is 130 cm³/mol. The molecule has 1 saturated heterocycles. The number of anilines is 2. The van der Waals surface area contributed by atoms with Crippen LogP contribution in [0, 0.1) is 5.82 Å². The molecule has 1 aliphatic heterocycles. The molecule has 0 aromatic heterocycles. The van der Waals surface area contributed by atoms with E-state index < -0.39 is 23.5 Å². The zero-order valence-electron chi connectivity index (χ0n) is 17.7. The number of halogens is 1. The van der Waals surface area contributed by atoms with Crippen molar-refractivity contribution in [3.8, 4) is 5.75 Å². The highest BCUT2D eigenvalue weighted by atomic mass is 32.1. The molecule has 7 nitrogen and oxygen atoms in total. The van der Waals surface area contributed by atoms with E-state index in [1.807, 2.05) is 6.07 Å². The molecule has 4 rings (SSSR count). The topological polar surface area (TPSA) is 87.7 Å². The van der Waals surface area contributed by atoms with Gasteiger partial charge >= 0.3 is 0 Å². The van der Waals surface area contributed by atoms with Crippen molar-refractivity contribution in [3.05, 3.63) is 95.8 Å². The molecular weight excluding hydrogens is 457 g/mol. The number of hydrogen-bond acceptors (Lipinski definition) is 5. The summed E-state index contributed by atoms with van der Waals surface area (Å²) < 4.78 is 19.1. The molecule has 0 atom stereocenters. The van der Waals surface area contributed by atoms with Gasteiger partial charge in [0.15, 0.2) is 11.7 Å². The van der Waals surface area contributed by atoms with Crippen LogP contribution in [-0.4, -0.2) is 29.4 Å². The number of ether oxygens (including phenoxy) is 1. The maximum absolute atomic E-state index is 13.6. The molecule has 0 unspecified atom stereocenters. The number of para-hydroxylation sites is 2. The average Bonchev–Trinajstić information content (AvgIpc) is 2.83. The average molecular weight is 476 g/mol. The van der Waals surface area contributed by atoms with Crippen LogP contribution >= 0.6 is 12.2 Å². The van der Waals surface area contributed by atoms with E-state index in [0.717, 1.165) is 0 Å². The van der Waals surface area contributed by atoms with Gasteiger partial charge in [0.2, 0.25) is 0 Å². The van der Waals surface area contributed by atoms with Crippen molar-refractivity contribution in [2.45, 2.75) is 0 Å². The predicted octanol–water partition coefficient (Wildman–Crippen LogP) is 3.67. The molecule has 0 aliphatic carbocycles. The molecule has 0 bridgehead atoms. The Morgan fingerprint density at radius 3 is 2.38 bits per heavy atom. The third-order valence-corrected chi connectivity index (χ3v) is 5.11. The Morgan fingerprint density at radius 1 is 1.00 bits per heavy atom. The lowest BCUT2D eigenvalue weighted by Gasteiger charge is -2.28. The summed E-state index contributed by atoms with van der Waals surface area (Å²) in [6, 6.07) is 21.0. The first-order valence-corrected chi connectivity index (χ1v) is 10.6. The number of nitrogens with zero attached hydrogens (tertiary/aromatic N) is 1. The quantitative estimate of drug-likeness (QED) is 0.323. The van der Waals surface area contributed by atoms with Crippen molar-refractivity contribution >= 4 is 52.5 Å². The summed E-state index contributed by atoms with van der Waals surface area (Å²) in [5.41, 5.74) is 1.11. The molecule has 2 N–H and O–H groups in total. The van der Waals surface area contributed by atoms with Gasteiger partial charge in [-0.25, -0.2) is 4.39 Å². The van der Waals surface area contributed by atoms with Crippen LogP contribution in [0.1, 0.15) is 5.56 Å². The van der Waals surface area contributed by atoms with Crippen LogP contribution < -0.4 is 20.3 Å². The monoisotopic (exact) mass is 475 g/mol. The number of carbonyl (C=O) groups is 3. The second kappa shape index (κ2) is 10.1. The number of rotatable bonds is 6. The summed E-state index contributed by atoms with van der Waals surface area (Å²) in [5, 5.41) is 4.97. The van der Waals surface area contributed by atoms with Crippen LogP contribution in [-0.2, 0) is 14.4 Å². The zero-order chi connectivity index (χ0) is 24.1. The van der Waals surface area contributed by atoms with E-state index in [-0.39, 0.29) is 23.0 Å². The minimum absolute atomic E-state index is 0.00996. The molecule has 170 valence electrons. The van der Waals surface area contributed by atoms with Crippen molar-refractivity contribution in [1.82, 2.24) is 5.32 Å². The van der Waals surface area contributed by atoms with Gasteiger partial charge in [-0.15, -0.1) is 0 Å². The van der Waals surface area contributed by atoms with Gasteiger partial charge in [0, 0.05) is 0 Å². The number of thiocarbonyl (C=S) groups is 1. The second-order valence-electron chi connectivity index (χ2n) is 7.18. The third kappa shape index (κ3) is 5.16. The molecule has 3 aromatic carbocycles. The number of benzene rings is 3. The first kappa shape index (κ1) is 22.8. The van der Waals surface area contributed by atoms with Crippen LogP contribution in [0.3, 0.4) is 0 Å². The Bertz CT molecular complexity index is 1290. The van der Waals surface area contributed by atoms with Crippen molar-refractivity contribution in [1.29, 1.82) is 0 Å². The minimum atomic E-state index is -0.590. The molecule has 3 aromatic rings. The Labute approximate surface area is 199 Å². The summed E-state index contributed by atoms with van der Waals surface area (Å²) in [6.07, 6.45) is 1.45. The Kier molecular flexibility index (Phi) is 6.74. The fourth-order valence-electron chi connectivity index (χ4n) is 3.19. The maximum Gasteiger partial charge on any atom is 0.270 e. The third-order valence-electron chi connectivity index (χ3n) is 4.83. The SMILES string of the molecule is O=C(COc1ccc(/C=C2/C(=O)NC(=S)N(c3ccccc3)C2=O)cc1)Nc1ccccc1F. The van der Waals surface area contributed by atoms with E-state index in [0.29, 0.717) is 17.0 Å². The standard InChI is InChI=1S/C25H18FN3O4S/c26-20-8-4-5-9-21(20)27-22(30)15-33-18-12-10-16(11-13-18)14-19-23(31)28-25(34)29(24(19)32)17-6-2-1-3-7-17/h1-14H,15H2,(H,27,30)(H,28,31,34)/b19-14-. The largest absolute Gasteiger partial charge is 0.484 e. The Hall–Kier alpha value is -4.37. The van der Waals surface area contributed by atoms with Gasteiger partial charge in [0.05, 0.1) is 11.4 Å². The van der Waals surface area contributed by atoms with E-state index in [2.05, 4.69) is 10.6 Å². The fourth-order valence-corrected chi connectivity index (χ4v) is 3.47. The van der Waals surface area contributed by atoms with Gasteiger partial charge in [-0.05, 0) is 60.3 Å². The van der Waals surface area contributed by atoms with Crippen molar-refractivity contribution in [3.63, 3.8) is 0 Å². The van der Waals surface area contributed by atoms with Gasteiger partial charge in [-0.2, -0.15) is 0 Å². The molecule has 0 saturated carbocycles. The number of nitrogens with one attached hydrogen (secondary N) is 2. The first-order chi connectivity index (χ1) is 16.4. The molecule has 0 spiro atoms. The van der Waals surface area contributed by atoms with Gasteiger partial charge in [-0.3, -0.25) is 24.6 Å². The van der Waals surface area contributed by atoms with E-state index >= 15 is 0 Å². The highest BCUT2D eigenvalue weighted by Gasteiger charge is 2.34. The molecular formula is C25H18FN3O4S. The highest BCUT2D eigenvalue weighted by Crippen LogP contribution is 2.22. The summed E-state index contributed by atoms with van der Waals surface area (Å²) in [6.45, 7) is -0.320. The lowest BCUT2D eigenvalue weighted by atomic mass is 10.1. The van der Waals surface area contributed by atoms with Crippen molar-refractivity contribution < 1.29 is 23.5 Å². The molecule has 9 heteroatoms. The molecule has 3 amide bonds. The summed E-state index contributed by atoms with van der Waals surface area (Å²) in [7, 11) is 0. The van der Waals surface area contributed by atoms with Gasteiger partial charge in [-0.1, -0.05) is 42.5 Å². The normalized spacial score (nSPS) is 14.7. The van der Waals surface area contributed by atoms with Crippen LogP contribution in [0.5, 0.6) is 5.75 Å². The lowest BCUT2D eigenvalue weighted by molar-refractivity contribution is -0.122. The molecule has 1 aliphatic rings. The summed E-state index contributed by atoms with van der Waals surface area (Å²) >= 11 is 5.17. The van der Waals surface area contributed by atoms with Crippen LogP contribution in [0.2, 0.25) is 0 Å². The van der Waals surface area contributed by atoms with Crippen molar-refractivity contribution in [2.24, 2.45) is 0 Å². The molecule has 0 radical (unpaired) electrons. The van der Waals surface area contributed by atoms with Crippen LogP contribution in [0.15, 0.2) is 84.4 Å². The maximum atomic E-state index is 13.6. The zero-order valence-corrected chi connectivity index (χ0v) is 18.5. The van der Waals surface area contributed by atoms with Gasteiger partial charge < -0.3 is 10.1 Å². The summed E-state index contributed by atoms with van der Waals surface area (Å²) in [4.78, 5) is 38.7. The lowest BCUT2D eigenvalue weighted by Crippen LogP contribution is -2.54. The van der Waals surface area contributed by atoms with E-state index in [1.165, 1.54) is 29.2 Å². The highest BCUT2D eigenvalue weighted by molar-refractivity contribution is 7.80. The van der Waals surface area contributed by atoms with Crippen molar-refractivity contribution in [2.75, 3.05) is 16.8 Å². The van der Waals surface area contributed by atoms with E-state index in [9.17, 15) is 18.8 Å². The van der Waals surface area contributed by atoms with Crippen LogP contribution in [0.25, 0.3) is 6.08 Å².